The fraction of sp³-hybridized carbons (Fsp3) is 0.700. The highest BCUT2D eigenvalue weighted by molar-refractivity contribution is 5.83. The Hall–Kier alpha value is -2.34. The van der Waals surface area contributed by atoms with E-state index in [1.165, 1.54) is 10.9 Å². The number of aliphatic hydroxyl groups excluding tert-OH is 2. The van der Waals surface area contributed by atoms with Crippen LogP contribution >= 0.6 is 0 Å². The second-order valence-electron chi connectivity index (χ2n) is 9.31. The van der Waals surface area contributed by atoms with Crippen LogP contribution in [0, 0.1) is 5.41 Å². The Balaban J connectivity index is 1.73. The highest BCUT2D eigenvalue weighted by Gasteiger charge is 2.48. The third kappa shape index (κ3) is 3.75. The summed E-state index contributed by atoms with van der Waals surface area (Å²) in [5.41, 5.74) is 5.35. The normalized spacial score (nSPS) is 33.0. The van der Waals surface area contributed by atoms with Crippen molar-refractivity contribution in [2.45, 2.75) is 76.6 Å². The van der Waals surface area contributed by atoms with Gasteiger partial charge in [-0.1, -0.05) is 13.8 Å². The molecule has 3 heterocycles. The zero-order valence-electron chi connectivity index (χ0n) is 17.9. The van der Waals surface area contributed by atoms with Crippen molar-refractivity contribution in [2.24, 2.45) is 5.41 Å². The number of fused-ring (bicyclic) bond motifs is 1. The van der Waals surface area contributed by atoms with Gasteiger partial charge in [0.25, 0.3) is 5.91 Å². The molecule has 0 aromatic carbocycles. The first-order valence-electron chi connectivity index (χ1n) is 10.6. The monoisotopic (exact) mass is 434 g/mol. The van der Waals surface area contributed by atoms with Gasteiger partial charge in [-0.05, 0) is 38.0 Å². The van der Waals surface area contributed by atoms with Crippen LogP contribution in [-0.2, 0) is 15.1 Å². The lowest BCUT2D eigenvalue weighted by molar-refractivity contribution is -0.137. The third-order valence-corrected chi connectivity index (χ3v) is 6.20. The number of nitrogen functional groups attached to an aromatic ring is 1. The molecule has 2 aromatic rings. The number of aliphatic hydroxyl groups is 3. The molecule has 0 radical (unpaired) electrons. The molecule has 1 saturated heterocycles. The topological polar surface area (TPSA) is 169 Å². The van der Waals surface area contributed by atoms with Gasteiger partial charge in [0.05, 0.1) is 6.33 Å². The van der Waals surface area contributed by atoms with Crippen LogP contribution in [0.25, 0.3) is 11.2 Å². The van der Waals surface area contributed by atoms with Crippen LogP contribution in [0.1, 0.15) is 58.5 Å². The second-order valence-corrected chi connectivity index (χ2v) is 9.31. The zero-order valence-corrected chi connectivity index (χ0v) is 17.9. The Bertz CT molecular complexity index is 994. The highest BCUT2D eigenvalue weighted by Crippen LogP contribution is 2.45. The molecule has 31 heavy (non-hydrogen) atoms. The standard InChI is InChI=1S/C20H30N6O5/c1-4-22-16(29)13-11(27)12(28)17(31-13)26-9-23-10-14(21)24-18(25-15(10)26)20(30)7-5-6-19(2,3)8-20/h9,11-13,17,27-28,30H,4-8H2,1-3H3,(H,22,29)(H2,21,24,25)/t11-,12?,13+,17-,20?/m1/s1. The minimum atomic E-state index is -1.42. The fourth-order valence-corrected chi connectivity index (χ4v) is 4.73. The van der Waals surface area contributed by atoms with E-state index in [4.69, 9.17) is 10.5 Å². The smallest absolute Gasteiger partial charge is 0.252 e. The number of likely N-dealkylation sites (N-methyl/N-ethyl adjacent to an activating group) is 1. The summed E-state index contributed by atoms with van der Waals surface area (Å²) in [6.07, 6.45) is -0.963. The van der Waals surface area contributed by atoms with Crippen molar-refractivity contribution in [3.8, 4) is 0 Å². The first kappa shape index (κ1) is 21.9. The number of imidazole rings is 1. The molecule has 1 saturated carbocycles. The predicted octanol–water partition coefficient (Wildman–Crippen LogP) is -0.0484. The molecule has 0 bridgehead atoms. The Morgan fingerprint density at radius 3 is 2.74 bits per heavy atom. The first-order valence-corrected chi connectivity index (χ1v) is 10.6. The summed E-state index contributed by atoms with van der Waals surface area (Å²) in [6.45, 7) is 6.29. The number of rotatable bonds is 4. The fourth-order valence-electron chi connectivity index (χ4n) is 4.73. The van der Waals surface area contributed by atoms with E-state index < -0.39 is 36.0 Å². The van der Waals surface area contributed by atoms with Gasteiger partial charge in [0, 0.05) is 6.54 Å². The third-order valence-electron chi connectivity index (χ3n) is 6.20. The van der Waals surface area contributed by atoms with Gasteiger partial charge in [0.2, 0.25) is 0 Å². The second kappa shape index (κ2) is 7.66. The van der Waals surface area contributed by atoms with E-state index >= 15 is 0 Å². The van der Waals surface area contributed by atoms with Crippen LogP contribution in [0.2, 0.25) is 0 Å². The molecule has 2 aliphatic rings. The lowest BCUT2D eigenvalue weighted by Crippen LogP contribution is -2.42. The van der Waals surface area contributed by atoms with Crippen LogP contribution in [0.5, 0.6) is 0 Å². The molecule has 1 aliphatic carbocycles. The molecule has 2 fully saturated rings. The summed E-state index contributed by atoms with van der Waals surface area (Å²) < 4.78 is 7.10. The van der Waals surface area contributed by atoms with E-state index in [0.29, 0.717) is 19.4 Å². The summed E-state index contributed by atoms with van der Waals surface area (Å²) in [4.78, 5) is 25.3. The van der Waals surface area contributed by atoms with Crippen LogP contribution in [-0.4, -0.2) is 65.6 Å². The summed E-state index contributed by atoms with van der Waals surface area (Å²) in [7, 11) is 0. The molecule has 11 heteroatoms. The largest absolute Gasteiger partial charge is 0.387 e. The first-order chi connectivity index (χ1) is 14.6. The van der Waals surface area contributed by atoms with Gasteiger partial charge in [0.1, 0.15) is 23.3 Å². The SMILES string of the molecule is CCNC(=O)[C@H]1O[C@@H](n2cnc3c(N)nc(C4(O)CCCC(C)(C)C4)nc32)C(O)[C@H]1O. The van der Waals surface area contributed by atoms with Gasteiger partial charge in [0.15, 0.2) is 29.6 Å². The minimum absolute atomic E-state index is 0.0744. The van der Waals surface area contributed by atoms with Crippen molar-refractivity contribution < 1.29 is 24.9 Å². The van der Waals surface area contributed by atoms with E-state index in [9.17, 15) is 20.1 Å². The number of nitrogens with one attached hydrogen (secondary N) is 1. The Labute approximate surface area is 179 Å². The average molecular weight is 434 g/mol. The number of ether oxygens (including phenoxy) is 1. The van der Waals surface area contributed by atoms with E-state index in [1.54, 1.807) is 6.92 Å². The van der Waals surface area contributed by atoms with Gasteiger partial charge >= 0.3 is 0 Å². The molecular formula is C20H30N6O5. The summed E-state index contributed by atoms with van der Waals surface area (Å²) >= 11 is 0. The van der Waals surface area contributed by atoms with Crippen LogP contribution in [0.3, 0.4) is 0 Å². The maximum atomic E-state index is 12.2. The number of nitrogens with zero attached hydrogens (tertiary/aromatic N) is 4. The summed E-state index contributed by atoms with van der Waals surface area (Å²) in [6, 6.07) is 0. The molecule has 1 amide bonds. The lowest BCUT2D eigenvalue weighted by atomic mass is 9.69. The van der Waals surface area contributed by atoms with Crippen LogP contribution in [0.15, 0.2) is 6.33 Å². The number of nitrogens with two attached hydrogens (primary N) is 1. The minimum Gasteiger partial charge on any atom is -0.387 e. The number of amides is 1. The Kier molecular flexibility index (Phi) is 5.41. The van der Waals surface area contributed by atoms with Crippen molar-refractivity contribution in [3.63, 3.8) is 0 Å². The number of aromatic nitrogens is 4. The van der Waals surface area contributed by atoms with Crippen molar-refractivity contribution in [3.05, 3.63) is 12.2 Å². The maximum Gasteiger partial charge on any atom is 0.252 e. The van der Waals surface area contributed by atoms with Crippen molar-refractivity contribution in [1.29, 1.82) is 0 Å². The molecule has 5 atom stereocenters. The number of anilines is 1. The molecule has 11 nitrogen and oxygen atoms in total. The molecule has 170 valence electrons. The van der Waals surface area contributed by atoms with E-state index in [-0.39, 0.29) is 28.2 Å². The number of carbonyl (C=O) groups excluding carboxylic acids is 1. The van der Waals surface area contributed by atoms with Gasteiger partial charge < -0.3 is 31.1 Å². The van der Waals surface area contributed by atoms with Gasteiger partial charge in [-0.2, -0.15) is 0 Å². The van der Waals surface area contributed by atoms with Crippen LogP contribution < -0.4 is 11.1 Å². The predicted molar refractivity (Wildman–Crippen MR) is 110 cm³/mol. The zero-order chi connectivity index (χ0) is 22.6. The number of hydrogen-bond donors (Lipinski definition) is 5. The van der Waals surface area contributed by atoms with Crippen molar-refractivity contribution in [2.75, 3.05) is 12.3 Å². The van der Waals surface area contributed by atoms with Gasteiger partial charge in [-0.15, -0.1) is 0 Å². The molecular weight excluding hydrogens is 404 g/mol. The lowest BCUT2D eigenvalue weighted by Gasteiger charge is -2.40. The van der Waals surface area contributed by atoms with Crippen molar-refractivity contribution >= 4 is 22.9 Å². The Morgan fingerprint density at radius 1 is 1.32 bits per heavy atom. The molecule has 4 rings (SSSR count). The van der Waals surface area contributed by atoms with E-state index in [2.05, 4.69) is 34.1 Å². The van der Waals surface area contributed by atoms with Gasteiger partial charge in [-0.25, -0.2) is 15.0 Å². The quantitative estimate of drug-likeness (QED) is 0.443. The summed E-state index contributed by atoms with van der Waals surface area (Å²) in [5, 5.41) is 34.8. The van der Waals surface area contributed by atoms with E-state index in [0.717, 1.165) is 12.8 Å². The van der Waals surface area contributed by atoms with E-state index in [1.807, 2.05) is 0 Å². The molecule has 2 unspecified atom stereocenters. The number of hydrogen-bond acceptors (Lipinski definition) is 9. The van der Waals surface area contributed by atoms with Crippen LogP contribution in [0.4, 0.5) is 5.82 Å². The average Bonchev–Trinajstić information content (AvgIpc) is 3.23. The molecule has 0 spiro atoms. The maximum absolute atomic E-state index is 12.2. The molecule has 2 aromatic heterocycles. The Morgan fingerprint density at radius 2 is 2.06 bits per heavy atom. The van der Waals surface area contributed by atoms with Gasteiger partial charge in [-0.3, -0.25) is 9.36 Å². The van der Waals surface area contributed by atoms with Crippen molar-refractivity contribution in [1.82, 2.24) is 24.8 Å². The number of carbonyl (C=O) groups is 1. The summed E-state index contributed by atoms with van der Waals surface area (Å²) in [5.74, 6) is -0.223. The molecule has 1 aliphatic heterocycles. The molecule has 6 N–H and O–H groups in total. The highest BCUT2D eigenvalue weighted by atomic mass is 16.6.